The number of hydrogen-bond donors (Lipinski definition) is 1. The summed E-state index contributed by atoms with van der Waals surface area (Å²) in [7, 11) is 1.24. The van der Waals surface area contributed by atoms with Gasteiger partial charge in [0.2, 0.25) is 0 Å². The molecule has 0 unspecified atom stereocenters. The summed E-state index contributed by atoms with van der Waals surface area (Å²) in [4.78, 5) is 27.3. The molecule has 20 heavy (non-hydrogen) atoms. The van der Waals surface area contributed by atoms with Gasteiger partial charge in [-0.15, -0.1) is 0 Å². The number of allylic oxidation sites excluding steroid dienone is 6. The van der Waals surface area contributed by atoms with Gasteiger partial charge in [-0.3, -0.25) is 4.79 Å². The van der Waals surface area contributed by atoms with Crippen molar-refractivity contribution in [1.29, 1.82) is 0 Å². The summed E-state index contributed by atoms with van der Waals surface area (Å²) in [6.45, 7) is 0. The van der Waals surface area contributed by atoms with Gasteiger partial charge < -0.3 is 9.84 Å². The van der Waals surface area contributed by atoms with Crippen LogP contribution in [-0.2, 0) is 4.74 Å². The van der Waals surface area contributed by atoms with E-state index in [-0.39, 0.29) is 29.4 Å². The molecule has 1 aliphatic carbocycles. The highest BCUT2D eigenvalue weighted by atomic mass is 16.5. The average Bonchev–Trinajstić information content (AvgIpc) is 3.00. The van der Waals surface area contributed by atoms with Crippen molar-refractivity contribution in [3.05, 3.63) is 65.2 Å². The molecule has 0 aromatic carbocycles. The van der Waals surface area contributed by atoms with E-state index < -0.39 is 5.97 Å². The fraction of sp³-hybridized carbons (Fsp3) is 0.133. The number of Topliss-reactive ketones (excluding diaryl/α,β-unsaturated/α-hetero) is 1. The predicted octanol–water partition coefficient (Wildman–Crippen LogP) is 2.38. The lowest BCUT2D eigenvalue weighted by Crippen LogP contribution is -2.10. The Hall–Kier alpha value is -2.69. The summed E-state index contributed by atoms with van der Waals surface area (Å²) in [5, 5.41) is 9.84. The maximum atomic E-state index is 12.0. The lowest BCUT2D eigenvalue weighted by molar-refractivity contribution is 0.0594. The maximum Gasteiger partial charge on any atom is 0.356 e. The molecule has 1 N–H and O–H groups in total. The molecule has 0 radical (unpaired) electrons. The normalized spacial score (nSPS) is 12.6. The fourth-order valence-electron chi connectivity index (χ4n) is 1.72. The quantitative estimate of drug-likeness (QED) is 0.517. The second-order valence-corrected chi connectivity index (χ2v) is 4.12. The van der Waals surface area contributed by atoms with E-state index in [2.05, 4.69) is 9.72 Å². The van der Waals surface area contributed by atoms with Gasteiger partial charge in [-0.2, -0.15) is 0 Å². The van der Waals surface area contributed by atoms with Gasteiger partial charge in [0.25, 0.3) is 0 Å². The van der Waals surface area contributed by atoms with E-state index in [9.17, 15) is 14.7 Å². The van der Waals surface area contributed by atoms with Crippen molar-refractivity contribution < 1.29 is 19.4 Å². The number of ketones is 1. The van der Waals surface area contributed by atoms with Gasteiger partial charge in [-0.25, -0.2) is 9.78 Å². The molecular weight excluding hydrogens is 258 g/mol. The second-order valence-electron chi connectivity index (χ2n) is 4.12. The van der Waals surface area contributed by atoms with E-state index >= 15 is 0 Å². The number of ether oxygens (including phenoxy) is 1. The van der Waals surface area contributed by atoms with E-state index in [1.165, 1.54) is 19.2 Å². The van der Waals surface area contributed by atoms with Crippen molar-refractivity contribution in [2.75, 3.05) is 7.11 Å². The minimum atomic E-state index is -0.608. The molecule has 0 fully saturated rings. The van der Waals surface area contributed by atoms with Gasteiger partial charge in [0.05, 0.1) is 13.5 Å². The van der Waals surface area contributed by atoms with Crippen LogP contribution in [0.4, 0.5) is 0 Å². The fourth-order valence-corrected chi connectivity index (χ4v) is 1.72. The molecule has 1 aliphatic rings. The van der Waals surface area contributed by atoms with Crippen LogP contribution in [0.15, 0.2) is 53.8 Å². The number of carbonyl (C=O) groups excluding carboxylic acids is 2. The molecule has 1 aromatic heterocycles. The lowest BCUT2D eigenvalue weighted by Gasteiger charge is -2.04. The number of esters is 1. The van der Waals surface area contributed by atoms with Crippen LogP contribution in [0.2, 0.25) is 0 Å². The number of carbonyl (C=O) groups is 2. The van der Waals surface area contributed by atoms with E-state index in [4.69, 9.17) is 0 Å². The minimum Gasteiger partial charge on any atom is -0.511 e. The molecule has 2 rings (SSSR count). The van der Waals surface area contributed by atoms with Crippen LogP contribution in [0.3, 0.4) is 0 Å². The highest BCUT2D eigenvalue weighted by Crippen LogP contribution is 2.16. The summed E-state index contributed by atoms with van der Waals surface area (Å²) < 4.78 is 4.54. The number of aliphatic hydroxyl groups is 1. The Labute approximate surface area is 115 Å². The minimum absolute atomic E-state index is 0.0229. The molecule has 5 nitrogen and oxygen atoms in total. The highest BCUT2D eigenvalue weighted by Gasteiger charge is 2.15. The topological polar surface area (TPSA) is 76.5 Å². The van der Waals surface area contributed by atoms with Gasteiger partial charge in [0.15, 0.2) is 5.78 Å². The lowest BCUT2D eigenvalue weighted by atomic mass is 10.1. The number of pyridine rings is 1. The Morgan fingerprint density at radius 1 is 1.20 bits per heavy atom. The van der Waals surface area contributed by atoms with Gasteiger partial charge in [-0.05, 0) is 12.1 Å². The number of rotatable bonds is 4. The van der Waals surface area contributed by atoms with E-state index in [1.807, 2.05) is 0 Å². The number of aliphatic hydroxyl groups excluding tert-OH is 1. The zero-order chi connectivity index (χ0) is 14.5. The molecule has 0 atom stereocenters. The summed E-state index contributed by atoms with van der Waals surface area (Å²) >= 11 is 0. The van der Waals surface area contributed by atoms with Crippen molar-refractivity contribution in [3.8, 4) is 0 Å². The zero-order valence-corrected chi connectivity index (χ0v) is 10.9. The third kappa shape index (κ3) is 3.00. The number of methoxy groups -OCH3 is 1. The first-order valence-corrected chi connectivity index (χ1v) is 5.97. The van der Waals surface area contributed by atoms with Crippen molar-refractivity contribution in [3.63, 3.8) is 0 Å². The molecule has 0 bridgehead atoms. The summed E-state index contributed by atoms with van der Waals surface area (Å²) in [5.74, 6) is -0.997. The largest absolute Gasteiger partial charge is 0.511 e. The average molecular weight is 271 g/mol. The van der Waals surface area contributed by atoms with Crippen LogP contribution in [0.25, 0.3) is 0 Å². The van der Waals surface area contributed by atoms with Crippen LogP contribution >= 0.6 is 0 Å². The van der Waals surface area contributed by atoms with E-state index in [0.29, 0.717) is 5.57 Å². The Morgan fingerprint density at radius 3 is 2.50 bits per heavy atom. The van der Waals surface area contributed by atoms with Gasteiger partial charge in [-0.1, -0.05) is 30.4 Å². The third-order valence-electron chi connectivity index (χ3n) is 2.75. The monoisotopic (exact) mass is 271 g/mol. The molecular formula is C15H13NO4. The molecule has 1 heterocycles. The summed E-state index contributed by atoms with van der Waals surface area (Å²) in [5.41, 5.74) is 0.777. The molecule has 1 aromatic rings. The maximum absolute atomic E-state index is 12.0. The number of aromatic nitrogens is 1. The molecule has 0 saturated carbocycles. The number of nitrogens with zero attached hydrogens (tertiary/aromatic N) is 1. The van der Waals surface area contributed by atoms with Crippen LogP contribution < -0.4 is 0 Å². The smallest absolute Gasteiger partial charge is 0.356 e. The SMILES string of the molecule is COC(=O)c1cccc(C(=O)CC(O)=C2C=CC=C2)n1. The van der Waals surface area contributed by atoms with E-state index in [0.717, 1.165) is 0 Å². The third-order valence-corrected chi connectivity index (χ3v) is 2.75. The summed E-state index contributed by atoms with van der Waals surface area (Å²) in [6.07, 6.45) is 6.79. The van der Waals surface area contributed by atoms with Crippen LogP contribution in [0, 0.1) is 0 Å². The van der Waals surface area contributed by atoms with Crippen molar-refractivity contribution in [2.24, 2.45) is 0 Å². The first-order valence-electron chi connectivity index (χ1n) is 5.97. The van der Waals surface area contributed by atoms with Gasteiger partial charge in [0, 0.05) is 5.57 Å². The van der Waals surface area contributed by atoms with Crippen LogP contribution in [-0.4, -0.2) is 29.0 Å². The van der Waals surface area contributed by atoms with Gasteiger partial charge in [0.1, 0.15) is 17.1 Å². The predicted molar refractivity (Wildman–Crippen MR) is 72.5 cm³/mol. The van der Waals surface area contributed by atoms with Crippen LogP contribution in [0.1, 0.15) is 27.4 Å². The Kier molecular flexibility index (Phi) is 4.10. The van der Waals surface area contributed by atoms with Crippen molar-refractivity contribution in [1.82, 2.24) is 4.98 Å². The Balaban J connectivity index is 2.17. The van der Waals surface area contributed by atoms with Crippen molar-refractivity contribution >= 4 is 11.8 Å². The van der Waals surface area contributed by atoms with Gasteiger partial charge >= 0.3 is 5.97 Å². The zero-order valence-electron chi connectivity index (χ0n) is 10.9. The highest BCUT2D eigenvalue weighted by molar-refractivity contribution is 5.97. The molecule has 0 aliphatic heterocycles. The number of hydrogen-bond acceptors (Lipinski definition) is 5. The second kappa shape index (κ2) is 5.97. The first-order chi connectivity index (χ1) is 9.61. The molecule has 0 amide bonds. The molecule has 0 spiro atoms. The standard InChI is InChI=1S/C15H13NO4/c1-20-15(19)12-8-4-7-11(16-12)14(18)9-13(17)10-5-2-3-6-10/h2-8,17H,9H2,1H3. The molecule has 102 valence electrons. The summed E-state index contributed by atoms with van der Waals surface area (Å²) in [6, 6.07) is 4.50. The molecule has 0 saturated heterocycles. The van der Waals surface area contributed by atoms with Crippen molar-refractivity contribution in [2.45, 2.75) is 6.42 Å². The Morgan fingerprint density at radius 2 is 1.85 bits per heavy atom. The molecule has 5 heteroatoms. The van der Waals surface area contributed by atoms with Crippen LogP contribution in [0.5, 0.6) is 0 Å². The van der Waals surface area contributed by atoms with E-state index in [1.54, 1.807) is 30.4 Å². The Bertz CT molecular complexity index is 627. The first kappa shape index (κ1) is 13.7.